The number of pyridine rings is 1. The summed E-state index contributed by atoms with van der Waals surface area (Å²) in [5.41, 5.74) is 0.899. The van der Waals surface area contributed by atoms with Gasteiger partial charge in [-0.1, -0.05) is 6.07 Å². The van der Waals surface area contributed by atoms with E-state index >= 15 is 0 Å². The van der Waals surface area contributed by atoms with Gasteiger partial charge in [-0.2, -0.15) is 0 Å². The minimum Gasteiger partial charge on any atom is -0.342 e. The second kappa shape index (κ2) is 5.63. The van der Waals surface area contributed by atoms with E-state index < -0.39 is 0 Å². The monoisotopic (exact) mass is 287 g/mol. The highest BCUT2D eigenvalue weighted by molar-refractivity contribution is 6.01. The van der Waals surface area contributed by atoms with Crippen LogP contribution in [-0.2, 0) is 20.8 Å². The van der Waals surface area contributed by atoms with Crippen LogP contribution in [0.5, 0.6) is 0 Å². The largest absolute Gasteiger partial charge is 0.342 e. The molecule has 0 N–H and O–H groups in total. The normalized spacial score (nSPS) is 19.0. The van der Waals surface area contributed by atoms with Gasteiger partial charge in [0.1, 0.15) is 0 Å². The van der Waals surface area contributed by atoms with Crippen molar-refractivity contribution in [1.82, 2.24) is 14.8 Å². The maximum Gasteiger partial charge on any atom is 0.229 e. The van der Waals surface area contributed by atoms with E-state index in [4.69, 9.17) is 0 Å². The van der Waals surface area contributed by atoms with Crippen molar-refractivity contribution in [2.24, 2.45) is 5.92 Å². The summed E-state index contributed by atoms with van der Waals surface area (Å²) >= 11 is 0. The number of aromatic nitrogens is 1. The number of hydrogen-bond acceptors (Lipinski definition) is 4. The first-order valence-corrected chi connectivity index (χ1v) is 7.13. The van der Waals surface area contributed by atoms with Crippen LogP contribution in [0.15, 0.2) is 24.5 Å². The average molecular weight is 287 g/mol. The van der Waals surface area contributed by atoms with Crippen molar-refractivity contribution in [2.75, 3.05) is 19.6 Å². The molecule has 2 saturated heterocycles. The summed E-state index contributed by atoms with van der Waals surface area (Å²) < 4.78 is 0. The summed E-state index contributed by atoms with van der Waals surface area (Å²) in [6.07, 6.45) is 4.38. The molecule has 1 aromatic heterocycles. The lowest BCUT2D eigenvalue weighted by atomic mass is 9.98. The van der Waals surface area contributed by atoms with Gasteiger partial charge in [-0.05, 0) is 11.6 Å². The molecule has 0 aromatic carbocycles. The van der Waals surface area contributed by atoms with E-state index in [2.05, 4.69) is 4.98 Å². The standard InChI is InChI=1S/C15H17N3O3/c19-13-3-4-14(20)18(13)10-12-8-17(9-12)15(21)6-11-2-1-5-16-7-11/h1-2,5,7,12H,3-4,6,8-10H2. The molecule has 110 valence electrons. The van der Waals surface area contributed by atoms with Gasteiger partial charge in [-0.3, -0.25) is 24.3 Å². The van der Waals surface area contributed by atoms with Gasteiger partial charge in [0.25, 0.3) is 0 Å². The molecule has 21 heavy (non-hydrogen) atoms. The van der Waals surface area contributed by atoms with Crippen molar-refractivity contribution < 1.29 is 14.4 Å². The molecule has 2 fully saturated rings. The number of amides is 3. The topological polar surface area (TPSA) is 70.6 Å². The minimum absolute atomic E-state index is 0.0679. The zero-order chi connectivity index (χ0) is 14.8. The minimum atomic E-state index is -0.0832. The summed E-state index contributed by atoms with van der Waals surface area (Å²) in [5.74, 6) is 0.118. The third-order valence-electron chi connectivity index (χ3n) is 3.98. The number of carbonyl (C=O) groups excluding carboxylic acids is 3. The molecule has 3 amide bonds. The molecule has 3 rings (SSSR count). The Morgan fingerprint density at radius 2 is 1.95 bits per heavy atom. The molecule has 0 radical (unpaired) electrons. The quantitative estimate of drug-likeness (QED) is 0.743. The molecule has 1 aromatic rings. The van der Waals surface area contributed by atoms with E-state index in [1.54, 1.807) is 17.3 Å². The van der Waals surface area contributed by atoms with Crippen LogP contribution in [0.1, 0.15) is 18.4 Å². The van der Waals surface area contributed by atoms with Crippen LogP contribution < -0.4 is 0 Å². The number of likely N-dealkylation sites (tertiary alicyclic amines) is 2. The molecule has 0 aliphatic carbocycles. The van der Waals surface area contributed by atoms with Crippen LogP contribution >= 0.6 is 0 Å². The fourth-order valence-corrected chi connectivity index (χ4v) is 2.76. The molecule has 2 aliphatic rings. The molecule has 0 atom stereocenters. The average Bonchev–Trinajstić information content (AvgIpc) is 2.74. The van der Waals surface area contributed by atoms with E-state index in [-0.39, 0.29) is 23.6 Å². The number of hydrogen-bond donors (Lipinski definition) is 0. The second-order valence-electron chi connectivity index (χ2n) is 5.60. The molecule has 0 bridgehead atoms. The van der Waals surface area contributed by atoms with Gasteiger partial charge in [0.2, 0.25) is 17.7 Å². The smallest absolute Gasteiger partial charge is 0.229 e. The maximum atomic E-state index is 12.1. The van der Waals surface area contributed by atoms with Crippen molar-refractivity contribution in [2.45, 2.75) is 19.3 Å². The molecule has 0 unspecified atom stereocenters. The molecule has 2 aliphatic heterocycles. The van der Waals surface area contributed by atoms with Crippen molar-refractivity contribution in [1.29, 1.82) is 0 Å². The summed E-state index contributed by atoms with van der Waals surface area (Å²) in [6, 6.07) is 3.69. The zero-order valence-corrected chi connectivity index (χ0v) is 11.7. The highest BCUT2D eigenvalue weighted by atomic mass is 16.2. The number of imide groups is 1. The highest BCUT2D eigenvalue weighted by Crippen LogP contribution is 2.21. The summed E-state index contributed by atoms with van der Waals surface area (Å²) in [7, 11) is 0. The van der Waals surface area contributed by atoms with Gasteiger partial charge < -0.3 is 4.90 Å². The van der Waals surface area contributed by atoms with Gasteiger partial charge >= 0.3 is 0 Å². The number of nitrogens with zero attached hydrogens (tertiary/aromatic N) is 3. The van der Waals surface area contributed by atoms with E-state index in [9.17, 15) is 14.4 Å². The van der Waals surface area contributed by atoms with Crippen LogP contribution in [-0.4, -0.2) is 52.1 Å². The Kier molecular flexibility index (Phi) is 3.68. The van der Waals surface area contributed by atoms with E-state index in [1.807, 2.05) is 12.1 Å². The SMILES string of the molecule is O=C(Cc1cccnc1)N1CC(CN2C(=O)CCC2=O)C1. The van der Waals surface area contributed by atoms with Gasteiger partial charge in [-0.25, -0.2) is 0 Å². The second-order valence-corrected chi connectivity index (χ2v) is 5.60. The summed E-state index contributed by atoms with van der Waals surface area (Å²) in [5, 5.41) is 0. The fourth-order valence-electron chi connectivity index (χ4n) is 2.76. The molecule has 0 saturated carbocycles. The van der Waals surface area contributed by atoms with Crippen molar-refractivity contribution in [3.8, 4) is 0 Å². The summed E-state index contributed by atoms with van der Waals surface area (Å²) in [4.78, 5) is 42.2. The first-order valence-electron chi connectivity index (χ1n) is 7.13. The third kappa shape index (κ3) is 2.94. The Balaban J connectivity index is 1.46. The predicted molar refractivity (Wildman–Crippen MR) is 74.0 cm³/mol. The highest BCUT2D eigenvalue weighted by Gasteiger charge is 2.36. The lowest BCUT2D eigenvalue weighted by Crippen LogP contribution is -2.54. The fraction of sp³-hybridized carbons (Fsp3) is 0.467. The lowest BCUT2D eigenvalue weighted by Gasteiger charge is -2.40. The van der Waals surface area contributed by atoms with Crippen LogP contribution in [0.2, 0.25) is 0 Å². The molecule has 6 heteroatoms. The van der Waals surface area contributed by atoms with Gasteiger partial charge in [0.05, 0.1) is 6.42 Å². The molecule has 3 heterocycles. The number of rotatable bonds is 4. The first-order chi connectivity index (χ1) is 10.1. The first kappa shape index (κ1) is 13.7. The van der Waals surface area contributed by atoms with E-state index in [1.165, 1.54) is 4.90 Å². The Bertz CT molecular complexity index is 551. The molecule has 0 spiro atoms. The van der Waals surface area contributed by atoms with Crippen molar-refractivity contribution >= 4 is 17.7 Å². The van der Waals surface area contributed by atoms with Crippen LogP contribution in [0, 0.1) is 5.92 Å². The number of carbonyl (C=O) groups is 3. The van der Waals surface area contributed by atoms with Gasteiger partial charge in [-0.15, -0.1) is 0 Å². The van der Waals surface area contributed by atoms with E-state index in [0.717, 1.165) is 5.56 Å². The van der Waals surface area contributed by atoms with E-state index in [0.29, 0.717) is 38.9 Å². The zero-order valence-electron chi connectivity index (χ0n) is 11.7. The van der Waals surface area contributed by atoms with Crippen LogP contribution in [0.4, 0.5) is 0 Å². The van der Waals surface area contributed by atoms with Gasteiger partial charge in [0.15, 0.2) is 0 Å². The Morgan fingerprint density at radius 3 is 2.57 bits per heavy atom. The molecular weight excluding hydrogens is 270 g/mol. The third-order valence-corrected chi connectivity index (χ3v) is 3.98. The summed E-state index contributed by atoms with van der Waals surface area (Å²) in [6.45, 7) is 1.70. The van der Waals surface area contributed by atoms with Crippen LogP contribution in [0.25, 0.3) is 0 Å². The maximum absolute atomic E-state index is 12.1. The Morgan fingerprint density at radius 1 is 1.24 bits per heavy atom. The lowest BCUT2D eigenvalue weighted by molar-refractivity contribution is -0.142. The van der Waals surface area contributed by atoms with Crippen LogP contribution in [0.3, 0.4) is 0 Å². The van der Waals surface area contributed by atoms with Crippen molar-refractivity contribution in [3.63, 3.8) is 0 Å². The molecule has 6 nitrogen and oxygen atoms in total. The van der Waals surface area contributed by atoms with Crippen molar-refractivity contribution in [3.05, 3.63) is 30.1 Å². The predicted octanol–water partition coefficient (Wildman–Crippen LogP) is 0.231. The Labute approximate surface area is 122 Å². The Hall–Kier alpha value is -2.24. The molecular formula is C15H17N3O3. The van der Waals surface area contributed by atoms with Gasteiger partial charge in [0, 0.05) is 50.8 Å².